The molecule has 7 heteroatoms. The van der Waals surface area contributed by atoms with Crippen molar-refractivity contribution in [1.82, 2.24) is 0 Å². The van der Waals surface area contributed by atoms with Crippen LogP contribution in [0, 0.1) is 9.49 Å². The number of carbonyl (C=O) groups is 1. The van der Waals surface area contributed by atoms with Crippen molar-refractivity contribution < 1.29 is 19.4 Å². The molecule has 0 aromatic heterocycles. The monoisotopic (exact) mass is 610 g/mol. The zero-order valence-corrected chi connectivity index (χ0v) is 20.8. The Kier molecular flexibility index (Phi) is 8.00. The fourth-order valence-corrected chi connectivity index (χ4v) is 4.96. The molecule has 0 bridgehead atoms. The molecule has 2 aromatic rings. The second-order valence-electron chi connectivity index (χ2n) is 6.62. The van der Waals surface area contributed by atoms with Gasteiger partial charge in [-0.3, -0.25) is 4.79 Å². The van der Waals surface area contributed by atoms with Gasteiger partial charge in [-0.15, -0.1) is 0 Å². The van der Waals surface area contributed by atoms with Gasteiger partial charge < -0.3 is 14.6 Å². The predicted molar refractivity (Wildman–Crippen MR) is 122 cm³/mol. The number of carboxylic acid groups (broad SMARTS) is 1. The van der Waals surface area contributed by atoms with Crippen molar-refractivity contribution in [1.29, 1.82) is 0 Å². The molecule has 27 heavy (non-hydrogen) atoms. The van der Waals surface area contributed by atoms with Gasteiger partial charge in [0.2, 0.25) is 0 Å². The van der Waals surface area contributed by atoms with Crippen LogP contribution in [0.5, 0.6) is 17.2 Å². The quantitative estimate of drug-likeness (QED) is 0.343. The van der Waals surface area contributed by atoms with Crippen LogP contribution in [0.25, 0.3) is 0 Å². The highest BCUT2D eigenvalue weighted by Crippen LogP contribution is 2.41. The van der Waals surface area contributed by atoms with Gasteiger partial charge in [0.25, 0.3) is 0 Å². The smallest absolute Gasteiger partial charge is 0.306 e. The molecule has 0 heterocycles. The highest BCUT2D eigenvalue weighted by molar-refractivity contribution is 14.1. The van der Waals surface area contributed by atoms with Gasteiger partial charge in [-0.2, -0.15) is 0 Å². The summed E-state index contributed by atoms with van der Waals surface area (Å²) >= 11 is 9.34. The zero-order chi connectivity index (χ0) is 20.3. The lowest BCUT2D eigenvalue weighted by Gasteiger charge is -2.17. The first-order chi connectivity index (χ1) is 12.6. The number of hydrogen-bond acceptors (Lipinski definition) is 3. The maximum absolute atomic E-state index is 11.1. The SMILES string of the molecule is COc1c(I)cc(Oc2c(Br)cc(CC(C)C(=O)O)cc2Br)cc1C(C)C. The maximum atomic E-state index is 11.1. The van der Waals surface area contributed by atoms with Gasteiger partial charge >= 0.3 is 5.97 Å². The topological polar surface area (TPSA) is 55.8 Å². The van der Waals surface area contributed by atoms with Crippen LogP contribution in [0.1, 0.15) is 37.8 Å². The summed E-state index contributed by atoms with van der Waals surface area (Å²) in [5.74, 6) is 1.27. The molecule has 1 atom stereocenters. The van der Waals surface area contributed by atoms with Crippen LogP contribution in [0.4, 0.5) is 0 Å². The van der Waals surface area contributed by atoms with Gasteiger partial charge in [0.05, 0.1) is 25.5 Å². The van der Waals surface area contributed by atoms with E-state index in [-0.39, 0.29) is 0 Å². The van der Waals surface area contributed by atoms with Gasteiger partial charge in [-0.25, -0.2) is 0 Å². The third-order valence-electron chi connectivity index (χ3n) is 4.11. The Morgan fingerprint density at radius 1 is 1.11 bits per heavy atom. The van der Waals surface area contributed by atoms with Crippen LogP contribution in [-0.2, 0) is 11.2 Å². The number of methoxy groups -OCH3 is 1. The first kappa shape index (κ1) is 22.5. The van der Waals surface area contributed by atoms with Gasteiger partial charge in [0.1, 0.15) is 11.5 Å². The van der Waals surface area contributed by atoms with E-state index in [9.17, 15) is 4.79 Å². The third kappa shape index (κ3) is 5.60. The molecule has 0 spiro atoms. The molecule has 1 N–H and O–H groups in total. The van der Waals surface area contributed by atoms with E-state index in [0.29, 0.717) is 18.1 Å². The van der Waals surface area contributed by atoms with Crippen molar-refractivity contribution >= 4 is 60.4 Å². The van der Waals surface area contributed by atoms with Crippen LogP contribution in [0.2, 0.25) is 0 Å². The van der Waals surface area contributed by atoms with E-state index in [1.54, 1.807) is 14.0 Å². The number of aliphatic carboxylic acids is 1. The molecule has 0 amide bonds. The molecule has 2 rings (SSSR count). The Morgan fingerprint density at radius 2 is 1.70 bits per heavy atom. The molecule has 0 saturated carbocycles. The lowest BCUT2D eigenvalue weighted by Crippen LogP contribution is -2.12. The van der Waals surface area contributed by atoms with Gasteiger partial charge in [0, 0.05) is 5.56 Å². The summed E-state index contributed by atoms with van der Waals surface area (Å²) in [5, 5.41) is 9.11. The molecule has 0 radical (unpaired) electrons. The second-order valence-corrected chi connectivity index (χ2v) is 9.49. The largest absolute Gasteiger partial charge is 0.495 e. The summed E-state index contributed by atoms with van der Waals surface area (Å²) in [4.78, 5) is 11.1. The van der Waals surface area contributed by atoms with Crippen molar-refractivity contribution in [3.63, 3.8) is 0 Å². The van der Waals surface area contributed by atoms with Gasteiger partial charge in [-0.1, -0.05) is 20.8 Å². The lowest BCUT2D eigenvalue weighted by molar-refractivity contribution is -0.141. The molecular formula is C20H21Br2IO4. The molecule has 1 unspecified atom stereocenters. The average Bonchev–Trinajstić information content (AvgIpc) is 2.57. The molecule has 2 aromatic carbocycles. The van der Waals surface area contributed by atoms with E-state index in [4.69, 9.17) is 14.6 Å². The number of halogens is 3. The third-order valence-corrected chi connectivity index (χ3v) is 6.09. The number of hydrogen-bond donors (Lipinski definition) is 1. The van der Waals surface area contributed by atoms with Crippen molar-refractivity contribution in [2.75, 3.05) is 7.11 Å². The minimum atomic E-state index is -0.809. The fourth-order valence-electron chi connectivity index (χ4n) is 2.68. The minimum absolute atomic E-state index is 0.295. The Labute approximate surface area is 190 Å². The van der Waals surface area contributed by atoms with Crippen LogP contribution < -0.4 is 9.47 Å². The minimum Gasteiger partial charge on any atom is -0.495 e. The molecule has 146 valence electrons. The lowest BCUT2D eigenvalue weighted by atomic mass is 10.0. The zero-order valence-electron chi connectivity index (χ0n) is 15.5. The van der Waals surface area contributed by atoms with E-state index in [2.05, 4.69) is 68.3 Å². The van der Waals surface area contributed by atoms with Crippen molar-refractivity contribution in [3.05, 3.63) is 47.9 Å². The van der Waals surface area contributed by atoms with Crippen LogP contribution in [0.15, 0.2) is 33.2 Å². The van der Waals surface area contributed by atoms with E-state index < -0.39 is 11.9 Å². The fraction of sp³-hybridized carbons (Fsp3) is 0.350. The Hall–Kier alpha value is -0.800. The molecule has 0 saturated heterocycles. The molecular weight excluding hydrogens is 591 g/mol. The van der Waals surface area contributed by atoms with E-state index in [0.717, 1.165) is 35.1 Å². The second kappa shape index (κ2) is 9.60. The first-order valence-corrected chi connectivity index (χ1v) is 11.1. The maximum Gasteiger partial charge on any atom is 0.306 e. The van der Waals surface area contributed by atoms with E-state index >= 15 is 0 Å². The Balaban J connectivity index is 2.36. The van der Waals surface area contributed by atoms with Crippen molar-refractivity contribution in [3.8, 4) is 17.2 Å². The van der Waals surface area contributed by atoms with E-state index in [1.165, 1.54) is 0 Å². The summed E-state index contributed by atoms with van der Waals surface area (Å²) < 4.78 is 14.2. The molecule has 4 nitrogen and oxygen atoms in total. The number of rotatable bonds is 7. The number of benzene rings is 2. The standard InChI is InChI=1S/C20H21Br2IO4/c1-10(2)14-8-13(9-17(23)18(14)26-4)27-19-15(21)6-12(7-16(19)22)5-11(3)20(24)25/h6-11H,5H2,1-4H3,(H,24,25). The summed E-state index contributed by atoms with van der Waals surface area (Å²) in [7, 11) is 1.67. The molecule has 0 fully saturated rings. The summed E-state index contributed by atoms with van der Waals surface area (Å²) in [6, 6.07) is 7.73. The molecule has 0 aliphatic rings. The van der Waals surface area contributed by atoms with Crippen molar-refractivity contribution in [2.45, 2.75) is 33.1 Å². The highest BCUT2D eigenvalue weighted by Gasteiger charge is 2.18. The Bertz CT molecular complexity index is 829. The van der Waals surface area contributed by atoms with Gasteiger partial charge in [0.15, 0.2) is 5.75 Å². The molecule has 0 aliphatic heterocycles. The van der Waals surface area contributed by atoms with Crippen LogP contribution in [0.3, 0.4) is 0 Å². The predicted octanol–water partition coefficient (Wildman–Crippen LogP) is 7.00. The summed E-state index contributed by atoms with van der Waals surface area (Å²) in [6.45, 7) is 5.92. The van der Waals surface area contributed by atoms with E-state index in [1.807, 2.05) is 24.3 Å². The first-order valence-electron chi connectivity index (χ1n) is 8.40. The van der Waals surface area contributed by atoms with Crippen LogP contribution in [-0.4, -0.2) is 18.2 Å². The Morgan fingerprint density at radius 3 is 2.19 bits per heavy atom. The summed E-state index contributed by atoms with van der Waals surface area (Å²) in [5.41, 5.74) is 2.00. The van der Waals surface area contributed by atoms with Crippen LogP contribution >= 0.6 is 54.5 Å². The normalized spacial score (nSPS) is 12.1. The van der Waals surface area contributed by atoms with Gasteiger partial charge in [-0.05, 0) is 96.6 Å². The number of ether oxygens (including phenoxy) is 2. The summed E-state index contributed by atoms with van der Waals surface area (Å²) in [6.07, 6.45) is 0.449. The molecule has 0 aliphatic carbocycles. The number of carboxylic acids is 1. The average molecular weight is 612 g/mol. The highest BCUT2D eigenvalue weighted by atomic mass is 127. The van der Waals surface area contributed by atoms with Crippen molar-refractivity contribution in [2.24, 2.45) is 5.92 Å².